The molecule has 0 radical (unpaired) electrons. The van der Waals surface area contributed by atoms with E-state index in [2.05, 4.69) is 16.0 Å². The lowest BCUT2D eigenvalue weighted by atomic mass is 9.90. The van der Waals surface area contributed by atoms with Gasteiger partial charge in [-0.05, 0) is 31.6 Å². The third-order valence-electron chi connectivity index (χ3n) is 4.05. The van der Waals surface area contributed by atoms with Crippen molar-refractivity contribution in [2.45, 2.75) is 64.1 Å². The molecule has 0 spiro atoms. The van der Waals surface area contributed by atoms with Crippen LogP contribution in [0.3, 0.4) is 0 Å². The molecular weight excluding hydrogens is 300 g/mol. The molecule has 8 heteroatoms. The van der Waals surface area contributed by atoms with E-state index >= 15 is 0 Å². The molecular formula is C15H28N4O4. The minimum atomic E-state index is -1.08. The molecule has 3 amide bonds. The summed E-state index contributed by atoms with van der Waals surface area (Å²) in [4.78, 5) is 34.3. The van der Waals surface area contributed by atoms with Gasteiger partial charge >= 0.3 is 12.0 Å². The Morgan fingerprint density at radius 3 is 2.35 bits per heavy atom. The van der Waals surface area contributed by atoms with Crippen LogP contribution < -0.4 is 21.7 Å². The van der Waals surface area contributed by atoms with Gasteiger partial charge in [0.05, 0.1) is 6.04 Å². The Hall–Kier alpha value is -1.83. The minimum Gasteiger partial charge on any atom is -0.480 e. The predicted molar refractivity (Wildman–Crippen MR) is 85.8 cm³/mol. The lowest BCUT2D eigenvalue weighted by Crippen LogP contribution is -2.55. The van der Waals surface area contributed by atoms with E-state index in [0.29, 0.717) is 12.5 Å². The van der Waals surface area contributed by atoms with E-state index in [0.717, 1.165) is 19.3 Å². The number of hydrogen-bond acceptors (Lipinski definition) is 4. The summed E-state index contributed by atoms with van der Waals surface area (Å²) in [6, 6.07) is -1.67. The molecule has 2 atom stereocenters. The Morgan fingerprint density at radius 1 is 1.26 bits per heavy atom. The number of carbonyl (C=O) groups is 3. The number of carboxylic acids is 1. The molecule has 23 heavy (non-hydrogen) atoms. The van der Waals surface area contributed by atoms with Crippen LogP contribution in [0.15, 0.2) is 0 Å². The Bertz CT molecular complexity index is 424. The molecule has 1 rings (SSSR count). The van der Waals surface area contributed by atoms with Crippen LogP contribution in [0, 0.1) is 5.92 Å². The molecule has 6 N–H and O–H groups in total. The molecule has 132 valence electrons. The summed E-state index contributed by atoms with van der Waals surface area (Å²) in [7, 11) is 0. The van der Waals surface area contributed by atoms with Crippen LogP contribution in [0.4, 0.5) is 4.79 Å². The largest absolute Gasteiger partial charge is 0.480 e. The second kappa shape index (κ2) is 9.34. The Morgan fingerprint density at radius 2 is 1.91 bits per heavy atom. The Balaban J connectivity index is 2.49. The predicted octanol–water partition coefficient (Wildman–Crippen LogP) is 0.171. The quantitative estimate of drug-likeness (QED) is 0.365. The minimum absolute atomic E-state index is 0.0709. The van der Waals surface area contributed by atoms with Crippen LogP contribution >= 0.6 is 0 Å². The molecule has 0 heterocycles. The van der Waals surface area contributed by atoms with Crippen LogP contribution in [0.5, 0.6) is 0 Å². The molecule has 0 aliphatic heterocycles. The first kappa shape index (κ1) is 19.2. The molecule has 1 fully saturated rings. The molecule has 8 nitrogen and oxygen atoms in total. The monoisotopic (exact) mass is 328 g/mol. The van der Waals surface area contributed by atoms with E-state index in [1.54, 1.807) is 0 Å². The maximum atomic E-state index is 12.4. The molecule has 0 aromatic carbocycles. The van der Waals surface area contributed by atoms with E-state index < -0.39 is 24.1 Å². The maximum absolute atomic E-state index is 12.4. The first-order valence-electron chi connectivity index (χ1n) is 8.13. The number of carbonyl (C=O) groups excluding carboxylic acids is 2. The van der Waals surface area contributed by atoms with Crippen LogP contribution in [-0.2, 0) is 9.59 Å². The van der Waals surface area contributed by atoms with Crippen molar-refractivity contribution in [1.29, 1.82) is 0 Å². The van der Waals surface area contributed by atoms with Gasteiger partial charge in [-0.1, -0.05) is 20.3 Å². The van der Waals surface area contributed by atoms with E-state index in [-0.39, 0.29) is 24.8 Å². The number of rotatable bonds is 10. The van der Waals surface area contributed by atoms with Gasteiger partial charge in [0.2, 0.25) is 5.91 Å². The lowest BCUT2D eigenvalue weighted by Gasteiger charge is -2.33. The molecule has 0 unspecified atom stereocenters. The fraction of sp³-hybridized carbons (Fsp3) is 0.800. The highest BCUT2D eigenvalue weighted by Crippen LogP contribution is 2.20. The second-order valence-electron chi connectivity index (χ2n) is 6.35. The first-order chi connectivity index (χ1) is 10.8. The van der Waals surface area contributed by atoms with Gasteiger partial charge in [-0.2, -0.15) is 0 Å². The normalized spacial score (nSPS) is 17.2. The van der Waals surface area contributed by atoms with Crippen molar-refractivity contribution < 1.29 is 19.5 Å². The smallest absolute Gasteiger partial charge is 0.326 e. The third kappa shape index (κ3) is 6.85. The van der Waals surface area contributed by atoms with Gasteiger partial charge in [-0.3, -0.25) is 4.79 Å². The summed E-state index contributed by atoms with van der Waals surface area (Å²) >= 11 is 0. The highest BCUT2D eigenvalue weighted by atomic mass is 16.4. The fourth-order valence-electron chi connectivity index (χ4n) is 2.44. The van der Waals surface area contributed by atoms with Crippen LogP contribution in [-0.4, -0.2) is 47.7 Å². The Labute approximate surface area is 136 Å². The van der Waals surface area contributed by atoms with Crippen molar-refractivity contribution in [3.63, 3.8) is 0 Å². The van der Waals surface area contributed by atoms with Crippen LogP contribution in [0.2, 0.25) is 0 Å². The van der Waals surface area contributed by atoms with Crippen LogP contribution in [0.1, 0.15) is 46.0 Å². The maximum Gasteiger partial charge on any atom is 0.326 e. The summed E-state index contributed by atoms with van der Waals surface area (Å²) in [5.41, 5.74) is 4.94. The molecule has 0 bridgehead atoms. The zero-order chi connectivity index (χ0) is 17.4. The number of nitrogens with two attached hydrogens (primary N) is 1. The summed E-state index contributed by atoms with van der Waals surface area (Å²) < 4.78 is 0. The summed E-state index contributed by atoms with van der Waals surface area (Å²) in [6.45, 7) is 4.15. The lowest BCUT2D eigenvalue weighted by molar-refractivity contribution is -0.142. The summed E-state index contributed by atoms with van der Waals surface area (Å²) in [6.07, 6.45) is 3.92. The first-order valence-corrected chi connectivity index (χ1v) is 8.13. The average Bonchev–Trinajstić information content (AvgIpc) is 2.39. The van der Waals surface area contributed by atoms with Gasteiger partial charge in [0.15, 0.2) is 0 Å². The van der Waals surface area contributed by atoms with Crippen molar-refractivity contribution in [2.24, 2.45) is 11.7 Å². The molecule has 0 aromatic heterocycles. The Kier molecular flexibility index (Phi) is 7.80. The topological polar surface area (TPSA) is 134 Å². The fourth-order valence-corrected chi connectivity index (χ4v) is 2.44. The number of hydrogen-bond donors (Lipinski definition) is 5. The number of carboxylic acid groups (broad SMARTS) is 1. The van der Waals surface area contributed by atoms with Gasteiger partial charge in [0, 0.05) is 12.6 Å². The zero-order valence-corrected chi connectivity index (χ0v) is 13.8. The van der Waals surface area contributed by atoms with E-state index in [1.807, 2.05) is 13.8 Å². The number of nitrogens with one attached hydrogen (secondary N) is 3. The van der Waals surface area contributed by atoms with Gasteiger partial charge in [0.1, 0.15) is 6.04 Å². The molecule has 0 saturated heterocycles. The van der Waals surface area contributed by atoms with Gasteiger partial charge in [-0.25, -0.2) is 9.59 Å². The molecule has 1 aliphatic carbocycles. The molecule has 1 saturated carbocycles. The number of urea groups is 1. The van der Waals surface area contributed by atoms with Crippen molar-refractivity contribution >= 4 is 17.9 Å². The van der Waals surface area contributed by atoms with E-state index in [4.69, 9.17) is 5.73 Å². The highest BCUT2D eigenvalue weighted by molar-refractivity contribution is 5.87. The number of primary amides is 1. The SMILES string of the molecule is CC(C)[C@H](NC1CCC1)C(=O)N[C@@H](CCCNC(N)=O)C(=O)O. The van der Waals surface area contributed by atoms with Gasteiger partial charge < -0.3 is 26.8 Å². The van der Waals surface area contributed by atoms with Crippen molar-refractivity contribution in [2.75, 3.05) is 6.54 Å². The van der Waals surface area contributed by atoms with Crippen molar-refractivity contribution in [3.05, 3.63) is 0 Å². The average molecular weight is 328 g/mol. The van der Waals surface area contributed by atoms with Gasteiger partial charge in [0.25, 0.3) is 0 Å². The van der Waals surface area contributed by atoms with Crippen molar-refractivity contribution in [1.82, 2.24) is 16.0 Å². The van der Waals surface area contributed by atoms with Crippen molar-refractivity contribution in [3.8, 4) is 0 Å². The van der Waals surface area contributed by atoms with E-state index in [9.17, 15) is 19.5 Å². The molecule has 0 aromatic rings. The molecule has 1 aliphatic rings. The van der Waals surface area contributed by atoms with Crippen LogP contribution in [0.25, 0.3) is 0 Å². The third-order valence-corrected chi connectivity index (χ3v) is 4.05. The summed E-state index contributed by atoms with van der Waals surface area (Å²) in [5.74, 6) is -1.30. The van der Waals surface area contributed by atoms with Gasteiger partial charge in [-0.15, -0.1) is 0 Å². The zero-order valence-electron chi connectivity index (χ0n) is 13.8. The van der Waals surface area contributed by atoms with E-state index in [1.165, 1.54) is 0 Å². The standard InChI is InChI=1S/C15H28N4O4/c1-9(2)12(18-10-5-3-6-10)13(20)19-11(14(21)22)7-4-8-17-15(16)23/h9-12,18H,3-8H2,1-2H3,(H,19,20)(H,21,22)(H3,16,17,23)/t11-,12-/m0/s1. The number of amides is 3. The summed E-state index contributed by atoms with van der Waals surface area (Å²) in [5, 5.41) is 17.5. The highest BCUT2D eigenvalue weighted by Gasteiger charge is 2.30. The number of aliphatic carboxylic acids is 1. The second-order valence-corrected chi connectivity index (χ2v) is 6.35.